The Bertz CT molecular complexity index is 193. The van der Waals surface area contributed by atoms with E-state index in [4.69, 9.17) is 0 Å². The molecule has 0 aromatic rings. The molecule has 2 amide bonds. The zero-order valence-electron chi connectivity index (χ0n) is 7.41. The van der Waals surface area contributed by atoms with Crippen LogP contribution in [0.3, 0.4) is 0 Å². The Labute approximate surface area is 97.5 Å². The first-order chi connectivity index (χ1) is 5.15. The van der Waals surface area contributed by atoms with Gasteiger partial charge < -0.3 is 14.9 Å². The van der Waals surface area contributed by atoms with Gasteiger partial charge in [0.25, 0.3) is 0 Å². The molecule has 1 saturated heterocycles. The number of hydrogen-bond donors (Lipinski definition) is 0. The van der Waals surface area contributed by atoms with Crippen LogP contribution in [0.5, 0.6) is 0 Å². The molecule has 0 N–H and O–H groups in total. The van der Waals surface area contributed by atoms with Gasteiger partial charge in [-0.15, -0.1) is 0 Å². The summed E-state index contributed by atoms with van der Waals surface area (Å²) >= 11 is 0. The molecule has 2 unspecified atom stereocenters. The van der Waals surface area contributed by atoms with Crippen molar-refractivity contribution in [2.75, 3.05) is 0 Å². The predicted octanol–water partition coefficient (Wildman–Crippen LogP) is 1.48. The van der Waals surface area contributed by atoms with Crippen LogP contribution in [0.15, 0.2) is 0 Å². The number of piperidine rings is 1. The molecule has 1 heterocycles. The summed E-state index contributed by atoms with van der Waals surface area (Å²) in [6, 6.07) is 0. The van der Waals surface area contributed by atoms with Crippen molar-refractivity contribution in [1.82, 2.24) is 0 Å². The molecular formula is C8H12NO2Y-. The van der Waals surface area contributed by atoms with Gasteiger partial charge in [0.05, 0.1) is 11.8 Å². The van der Waals surface area contributed by atoms with Crippen molar-refractivity contribution in [3.63, 3.8) is 0 Å². The predicted molar refractivity (Wildman–Crippen MR) is 40.9 cm³/mol. The van der Waals surface area contributed by atoms with Crippen LogP contribution in [0.1, 0.15) is 26.7 Å². The number of amides is 2. The summed E-state index contributed by atoms with van der Waals surface area (Å²) in [6.07, 6.45) is 1.47. The molecular weight excluding hydrogens is 231 g/mol. The van der Waals surface area contributed by atoms with Crippen LogP contribution in [0.4, 0.5) is 0 Å². The summed E-state index contributed by atoms with van der Waals surface area (Å²) in [5, 5.41) is 3.44. The van der Waals surface area contributed by atoms with E-state index in [2.05, 4.69) is 5.32 Å². The van der Waals surface area contributed by atoms with Crippen molar-refractivity contribution in [3.8, 4) is 0 Å². The third-order valence-electron chi connectivity index (χ3n) is 2.12. The van der Waals surface area contributed by atoms with Crippen LogP contribution in [0, 0.1) is 11.8 Å². The van der Waals surface area contributed by atoms with E-state index in [1.54, 1.807) is 0 Å². The van der Waals surface area contributed by atoms with Gasteiger partial charge in [-0.2, -0.15) is 0 Å². The van der Waals surface area contributed by atoms with Gasteiger partial charge >= 0.3 is 0 Å². The number of carbonyl (C=O) groups is 2. The molecule has 0 bridgehead atoms. The summed E-state index contributed by atoms with van der Waals surface area (Å²) in [7, 11) is 0. The van der Waals surface area contributed by atoms with Crippen LogP contribution < -0.4 is 0 Å². The van der Waals surface area contributed by atoms with E-state index in [-0.39, 0.29) is 56.4 Å². The first-order valence-corrected chi connectivity index (χ1v) is 3.94. The van der Waals surface area contributed by atoms with Crippen molar-refractivity contribution < 1.29 is 42.3 Å². The van der Waals surface area contributed by atoms with Crippen molar-refractivity contribution in [1.29, 1.82) is 0 Å². The Morgan fingerprint density at radius 2 is 2.00 bits per heavy atom. The molecule has 1 fully saturated rings. The Morgan fingerprint density at radius 3 is 2.50 bits per heavy atom. The molecule has 1 aliphatic rings. The van der Waals surface area contributed by atoms with E-state index in [1.807, 2.05) is 13.8 Å². The molecule has 12 heavy (non-hydrogen) atoms. The van der Waals surface area contributed by atoms with Gasteiger partial charge in [0.15, 0.2) is 0 Å². The maximum absolute atomic E-state index is 11.0. The second-order valence-corrected chi connectivity index (χ2v) is 3.03. The van der Waals surface area contributed by atoms with E-state index in [1.165, 1.54) is 0 Å². The zero-order valence-corrected chi connectivity index (χ0v) is 10.2. The smallest absolute Gasteiger partial charge is 0.0596 e. The number of carbonyl (C=O) groups excluding carboxylic acids is 2. The molecule has 0 spiro atoms. The van der Waals surface area contributed by atoms with Gasteiger partial charge in [-0.3, -0.25) is 0 Å². The first-order valence-electron chi connectivity index (χ1n) is 3.94. The minimum absolute atomic E-state index is 0. The van der Waals surface area contributed by atoms with Crippen LogP contribution in [0.25, 0.3) is 5.32 Å². The summed E-state index contributed by atoms with van der Waals surface area (Å²) in [4.78, 5) is 21.9. The monoisotopic (exact) mass is 243 g/mol. The van der Waals surface area contributed by atoms with E-state index in [0.29, 0.717) is 6.42 Å². The van der Waals surface area contributed by atoms with Crippen LogP contribution in [-0.4, -0.2) is 11.8 Å². The van der Waals surface area contributed by atoms with Crippen LogP contribution in [-0.2, 0) is 42.3 Å². The van der Waals surface area contributed by atoms with Crippen molar-refractivity contribution >= 4 is 11.8 Å². The van der Waals surface area contributed by atoms with Gasteiger partial charge in [-0.25, -0.2) is 0 Å². The molecule has 0 aromatic carbocycles. The fourth-order valence-corrected chi connectivity index (χ4v) is 1.28. The molecule has 1 rings (SSSR count). The zero-order chi connectivity index (χ0) is 8.43. The topological polar surface area (TPSA) is 48.2 Å². The van der Waals surface area contributed by atoms with Gasteiger partial charge in [-0.1, -0.05) is 13.8 Å². The van der Waals surface area contributed by atoms with Gasteiger partial charge in [-0.05, 0) is 18.8 Å². The third-order valence-corrected chi connectivity index (χ3v) is 2.12. The summed E-state index contributed by atoms with van der Waals surface area (Å²) in [5.74, 6) is -0.546. The molecule has 0 aliphatic carbocycles. The number of rotatable bonds is 1. The Morgan fingerprint density at radius 1 is 1.42 bits per heavy atom. The van der Waals surface area contributed by atoms with Crippen LogP contribution in [0.2, 0.25) is 0 Å². The first kappa shape index (κ1) is 12.2. The third kappa shape index (κ3) is 2.63. The summed E-state index contributed by atoms with van der Waals surface area (Å²) in [5.41, 5.74) is 0. The SMILES string of the molecule is CCC1CC(C)C(=O)[N-]C1=O.[Y]. The molecule has 3 nitrogen and oxygen atoms in total. The molecule has 2 atom stereocenters. The minimum atomic E-state index is -0.250. The summed E-state index contributed by atoms with van der Waals surface area (Å²) in [6.45, 7) is 3.77. The van der Waals surface area contributed by atoms with Crippen molar-refractivity contribution in [2.45, 2.75) is 26.7 Å². The average molecular weight is 243 g/mol. The molecule has 0 aromatic heterocycles. The summed E-state index contributed by atoms with van der Waals surface area (Å²) < 4.78 is 0. The standard InChI is InChI=1S/C8H13NO2.Y/c1-3-6-4-5(2)7(10)9-8(6)11;/h5-6H,3-4H2,1-2H3,(H,9,10,11);/p-1. The normalized spacial score (nSPS) is 29.2. The van der Waals surface area contributed by atoms with Crippen LogP contribution >= 0.6 is 0 Å². The van der Waals surface area contributed by atoms with Crippen molar-refractivity contribution in [3.05, 3.63) is 5.32 Å². The maximum atomic E-state index is 11.0. The van der Waals surface area contributed by atoms with Gasteiger partial charge in [0.2, 0.25) is 0 Å². The van der Waals surface area contributed by atoms with Crippen molar-refractivity contribution in [2.24, 2.45) is 11.8 Å². The molecule has 65 valence electrons. The maximum Gasteiger partial charge on any atom is 0.0596 e. The average Bonchev–Trinajstić information content (AvgIpc) is 1.97. The van der Waals surface area contributed by atoms with E-state index in [0.717, 1.165) is 6.42 Å². The number of nitrogens with zero attached hydrogens (tertiary/aromatic N) is 1. The molecule has 0 saturated carbocycles. The quantitative estimate of drug-likeness (QED) is 0.655. The molecule has 4 heteroatoms. The fourth-order valence-electron chi connectivity index (χ4n) is 1.28. The van der Waals surface area contributed by atoms with Gasteiger partial charge in [0, 0.05) is 38.6 Å². The van der Waals surface area contributed by atoms with E-state index < -0.39 is 0 Å². The fraction of sp³-hybridized carbons (Fsp3) is 0.750. The Balaban J connectivity index is 0.00000121. The van der Waals surface area contributed by atoms with Gasteiger partial charge in [0.1, 0.15) is 0 Å². The van der Waals surface area contributed by atoms with E-state index >= 15 is 0 Å². The largest absolute Gasteiger partial charge is 0.595 e. The molecule has 1 radical (unpaired) electrons. The second kappa shape index (κ2) is 5.08. The van der Waals surface area contributed by atoms with E-state index in [9.17, 15) is 9.59 Å². The number of imide groups is 1. The number of hydrogen-bond acceptors (Lipinski definition) is 2. The minimum Gasteiger partial charge on any atom is -0.595 e. The Kier molecular flexibility index (Phi) is 5.18. The molecule has 1 aliphatic heterocycles. The second-order valence-electron chi connectivity index (χ2n) is 3.03. The Hall–Kier alpha value is 0.244.